The highest BCUT2D eigenvalue weighted by Crippen LogP contribution is 2.22. The van der Waals surface area contributed by atoms with Gasteiger partial charge in [-0.1, -0.05) is 23.2 Å². The van der Waals surface area contributed by atoms with Crippen LogP contribution in [-0.4, -0.2) is 0 Å². The largest absolute Gasteiger partial charge is 0.381 e. The van der Waals surface area contributed by atoms with Crippen molar-refractivity contribution in [2.24, 2.45) is 0 Å². The number of rotatable bonds is 3. The van der Waals surface area contributed by atoms with E-state index in [9.17, 15) is 4.39 Å². The van der Waals surface area contributed by atoms with Gasteiger partial charge in [0.1, 0.15) is 5.82 Å². The lowest BCUT2D eigenvalue weighted by atomic mass is 10.2. The molecular weight excluding hydrogens is 272 g/mol. The summed E-state index contributed by atoms with van der Waals surface area (Å²) in [5.41, 5.74) is 2.48. The predicted octanol–water partition coefficient (Wildman–Crippen LogP) is 5.05. The van der Waals surface area contributed by atoms with Crippen molar-refractivity contribution < 1.29 is 4.39 Å². The summed E-state index contributed by atoms with van der Waals surface area (Å²) in [4.78, 5) is 0. The van der Waals surface area contributed by atoms with Crippen LogP contribution < -0.4 is 5.32 Å². The average molecular weight is 284 g/mol. The quantitative estimate of drug-likeness (QED) is 0.831. The van der Waals surface area contributed by atoms with Crippen LogP contribution in [0.2, 0.25) is 10.0 Å². The fourth-order valence-corrected chi connectivity index (χ4v) is 2.09. The van der Waals surface area contributed by atoms with Crippen LogP contribution in [0.1, 0.15) is 11.1 Å². The minimum Gasteiger partial charge on any atom is -0.381 e. The van der Waals surface area contributed by atoms with Gasteiger partial charge in [-0.2, -0.15) is 0 Å². The standard InChI is InChI=1S/C14H12Cl2FN/c1-9-4-12(17)7-13(5-9)18-8-10-6-11(15)2-3-14(10)16/h2-7,18H,8H2,1H3. The summed E-state index contributed by atoms with van der Waals surface area (Å²) < 4.78 is 13.2. The van der Waals surface area contributed by atoms with Crippen LogP contribution in [0.4, 0.5) is 10.1 Å². The van der Waals surface area contributed by atoms with Crippen molar-refractivity contribution in [3.05, 3.63) is 63.4 Å². The van der Waals surface area contributed by atoms with E-state index < -0.39 is 0 Å². The second-order valence-corrected chi connectivity index (χ2v) is 4.95. The average Bonchev–Trinajstić information content (AvgIpc) is 2.29. The van der Waals surface area contributed by atoms with Crippen molar-refractivity contribution in [2.45, 2.75) is 13.5 Å². The molecule has 0 unspecified atom stereocenters. The number of aryl methyl sites for hydroxylation is 1. The van der Waals surface area contributed by atoms with E-state index in [1.54, 1.807) is 18.2 Å². The van der Waals surface area contributed by atoms with E-state index in [2.05, 4.69) is 5.32 Å². The number of anilines is 1. The molecule has 1 nitrogen and oxygen atoms in total. The Hall–Kier alpha value is -1.25. The number of nitrogens with one attached hydrogen (secondary N) is 1. The van der Waals surface area contributed by atoms with Crippen LogP contribution >= 0.6 is 23.2 Å². The molecule has 0 amide bonds. The molecule has 0 heterocycles. The lowest BCUT2D eigenvalue weighted by Crippen LogP contribution is -2.00. The Kier molecular flexibility index (Phi) is 4.10. The molecule has 0 aliphatic heterocycles. The molecule has 94 valence electrons. The van der Waals surface area contributed by atoms with Gasteiger partial charge in [0.15, 0.2) is 0 Å². The van der Waals surface area contributed by atoms with Gasteiger partial charge in [-0.25, -0.2) is 4.39 Å². The first-order chi connectivity index (χ1) is 8.54. The summed E-state index contributed by atoms with van der Waals surface area (Å²) in [7, 11) is 0. The monoisotopic (exact) mass is 283 g/mol. The van der Waals surface area contributed by atoms with Gasteiger partial charge >= 0.3 is 0 Å². The third-order valence-corrected chi connectivity index (χ3v) is 3.14. The van der Waals surface area contributed by atoms with E-state index in [0.29, 0.717) is 16.6 Å². The van der Waals surface area contributed by atoms with Crippen molar-refractivity contribution in [1.29, 1.82) is 0 Å². The van der Waals surface area contributed by atoms with Crippen LogP contribution in [0, 0.1) is 12.7 Å². The normalized spacial score (nSPS) is 10.4. The summed E-state index contributed by atoms with van der Waals surface area (Å²) in [6.07, 6.45) is 0. The second-order valence-electron chi connectivity index (χ2n) is 4.11. The minimum atomic E-state index is -0.255. The van der Waals surface area contributed by atoms with Gasteiger partial charge in [0.2, 0.25) is 0 Å². The zero-order valence-electron chi connectivity index (χ0n) is 9.81. The molecule has 18 heavy (non-hydrogen) atoms. The maximum Gasteiger partial charge on any atom is 0.125 e. The summed E-state index contributed by atoms with van der Waals surface area (Å²) in [5.74, 6) is -0.255. The molecule has 0 saturated carbocycles. The van der Waals surface area contributed by atoms with Crippen molar-refractivity contribution in [1.82, 2.24) is 0 Å². The van der Waals surface area contributed by atoms with Crippen LogP contribution in [0.25, 0.3) is 0 Å². The number of halogens is 3. The fourth-order valence-electron chi connectivity index (χ4n) is 1.71. The SMILES string of the molecule is Cc1cc(F)cc(NCc2cc(Cl)ccc2Cl)c1. The smallest absolute Gasteiger partial charge is 0.125 e. The predicted molar refractivity (Wildman–Crippen MR) is 74.9 cm³/mol. The Morgan fingerprint density at radius 2 is 1.89 bits per heavy atom. The first kappa shape index (κ1) is 13.2. The van der Waals surface area contributed by atoms with Crippen molar-refractivity contribution in [2.75, 3.05) is 5.32 Å². The van der Waals surface area contributed by atoms with Gasteiger partial charge < -0.3 is 5.32 Å². The maximum absolute atomic E-state index is 13.2. The molecule has 4 heteroatoms. The van der Waals surface area contributed by atoms with E-state index >= 15 is 0 Å². The first-order valence-corrected chi connectivity index (χ1v) is 6.25. The zero-order valence-corrected chi connectivity index (χ0v) is 11.3. The van der Waals surface area contributed by atoms with E-state index in [1.807, 2.05) is 13.0 Å². The summed E-state index contributed by atoms with van der Waals surface area (Å²) >= 11 is 12.0. The molecule has 1 N–H and O–H groups in total. The Labute approximate surface area is 116 Å². The lowest BCUT2D eigenvalue weighted by Gasteiger charge is -2.09. The molecule has 0 bridgehead atoms. The molecule has 0 aliphatic carbocycles. The molecule has 0 fully saturated rings. The number of hydrogen-bond donors (Lipinski definition) is 1. The molecule has 0 saturated heterocycles. The molecule has 2 aromatic rings. The Balaban J connectivity index is 2.13. The Bertz CT molecular complexity index is 549. The summed E-state index contributed by atoms with van der Waals surface area (Å²) in [5, 5.41) is 4.40. The van der Waals surface area contributed by atoms with Crippen molar-refractivity contribution in [3.63, 3.8) is 0 Å². The molecule has 0 atom stereocenters. The zero-order chi connectivity index (χ0) is 13.1. The lowest BCUT2D eigenvalue weighted by molar-refractivity contribution is 0.627. The van der Waals surface area contributed by atoms with Crippen molar-refractivity contribution in [3.8, 4) is 0 Å². The third kappa shape index (κ3) is 3.37. The highest BCUT2D eigenvalue weighted by molar-refractivity contribution is 6.33. The molecular formula is C14H12Cl2FN. The van der Waals surface area contributed by atoms with E-state index in [4.69, 9.17) is 23.2 Å². The minimum absolute atomic E-state index is 0.255. The third-order valence-electron chi connectivity index (χ3n) is 2.53. The van der Waals surface area contributed by atoms with E-state index in [1.165, 1.54) is 12.1 Å². The maximum atomic E-state index is 13.2. The second kappa shape index (κ2) is 5.59. The fraction of sp³-hybridized carbons (Fsp3) is 0.143. The first-order valence-electron chi connectivity index (χ1n) is 5.49. The molecule has 0 aliphatic rings. The van der Waals surface area contributed by atoms with Crippen LogP contribution in [-0.2, 0) is 6.54 Å². The molecule has 0 aromatic heterocycles. The highest BCUT2D eigenvalue weighted by atomic mass is 35.5. The summed E-state index contributed by atoms with van der Waals surface area (Å²) in [6, 6.07) is 10.1. The number of hydrogen-bond acceptors (Lipinski definition) is 1. The van der Waals surface area contributed by atoms with Gasteiger partial charge in [0.25, 0.3) is 0 Å². The molecule has 2 rings (SSSR count). The van der Waals surface area contributed by atoms with Crippen LogP contribution in [0.3, 0.4) is 0 Å². The molecule has 0 spiro atoms. The Morgan fingerprint density at radius 3 is 2.61 bits per heavy atom. The molecule has 0 radical (unpaired) electrons. The van der Waals surface area contributed by atoms with Gasteiger partial charge in [-0.3, -0.25) is 0 Å². The van der Waals surface area contributed by atoms with Crippen LogP contribution in [0.5, 0.6) is 0 Å². The molecule has 2 aromatic carbocycles. The van der Waals surface area contributed by atoms with Gasteiger partial charge in [-0.05, 0) is 54.4 Å². The topological polar surface area (TPSA) is 12.0 Å². The summed E-state index contributed by atoms with van der Waals surface area (Å²) in [6.45, 7) is 2.35. The van der Waals surface area contributed by atoms with E-state index in [-0.39, 0.29) is 5.82 Å². The Morgan fingerprint density at radius 1 is 1.11 bits per heavy atom. The number of benzene rings is 2. The highest BCUT2D eigenvalue weighted by Gasteiger charge is 2.02. The van der Waals surface area contributed by atoms with Crippen molar-refractivity contribution >= 4 is 28.9 Å². The van der Waals surface area contributed by atoms with Gasteiger partial charge in [-0.15, -0.1) is 0 Å². The van der Waals surface area contributed by atoms with Crippen LogP contribution in [0.15, 0.2) is 36.4 Å². The van der Waals surface area contributed by atoms with Gasteiger partial charge in [0, 0.05) is 22.3 Å². The van der Waals surface area contributed by atoms with E-state index in [0.717, 1.165) is 16.8 Å². The van der Waals surface area contributed by atoms with Gasteiger partial charge in [0.05, 0.1) is 0 Å².